The van der Waals surface area contributed by atoms with Gasteiger partial charge in [-0.3, -0.25) is 0 Å². The second-order valence-electron chi connectivity index (χ2n) is 11.5. The van der Waals surface area contributed by atoms with E-state index in [9.17, 15) is 0 Å². The van der Waals surface area contributed by atoms with Gasteiger partial charge in [-0.1, -0.05) is 110 Å². The van der Waals surface area contributed by atoms with Gasteiger partial charge in [0.2, 0.25) is 0 Å². The average molecular weight is 649 g/mol. The number of hydrogen-bond donors (Lipinski definition) is 0. The van der Waals surface area contributed by atoms with Crippen LogP contribution in [0.2, 0.25) is 0 Å². The molecule has 2 heterocycles. The van der Waals surface area contributed by atoms with Crippen molar-refractivity contribution in [1.29, 1.82) is 0 Å². The van der Waals surface area contributed by atoms with Gasteiger partial charge in [0.15, 0.2) is 0 Å². The van der Waals surface area contributed by atoms with Crippen molar-refractivity contribution in [3.8, 4) is 17.2 Å². The zero-order chi connectivity index (χ0) is 33.1. The van der Waals surface area contributed by atoms with Crippen LogP contribution in [0.1, 0.15) is 49.9 Å². The molecule has 1 aliphatic carbocycles. The molecule has 0 saturated carbocycles. The molecular weight excluding hydrogens is 612 g/mol. The summed E-state index contributed by atoms with van der Waals surface area (Å²) in [6.07, 6.45) is 24.2. The van der Waals surface area contributed by atoms with Crippen molar-refractivity contribution in [2.75, 3.05) is 0 Å². The number of benzene rings is 3. The number of rotatable bonds is 9. The molecule has 0 bridgehead atoms. The lowest BCUT2D eigenvalue weighted by atomic mass is 9.96. The maximum Gasteiger partial charge on any atom is 0.148 e. The first-order valence-corrected chi connectivity index (χ1v) is 18.5. The molecule has 4 heteroatoms. The van der Waals surface area contributed by atoms with E-state index in [-0.39, 0.29) is 0 Å². The van der Waals surface area contributed by atoms with Crippen molar-refractivity contribution < 1.29 is 9.47 Å². The molecule has 0 N–H and O–H groups in total. The molecule has 0 amide bonds. The molecule has 1 unspecified atom stereocenters. The average Bonchev–Trinajstić information content (AvgIpc) is 3.62. The maximum absolute atomic E-state index is 7.03. The molecule has 0 radical (unpaired) electrons. The molecule has 0 spiro atoms. The van der Waals surface area contributed by atoms with Gasteiger partial charge in [0.25, 0.3) is 0 Å². The summed E-state index contributed by atoms with van der Waals surface area (Å²) in [5.41, 5.74) is 11.4. The highest BCUT2D eigenvalue weighted by molar-refractivity contribution is 8.24. The van der Waals surface area contributed by atoms with Crippen molar-refractivity contribution in [2.45, 2.75) is 27.7 Å². The number of ether oxygens (including phenoxy) is 2. The second-order valence-corrected chi connectivity index (χ2v) is 15.7. The first-order valence-electron chi connectivity index (χ1n) is 15.7. The van der Waals surface area contributed by atoms with Gasteiger partial charge < -0.3 is 9.47 Å². The van der Waals surface area contributed by atoms with Crippen LogP contribution in [0.4, 0.5) is 0 Å². The number of allylic oxidation sites excluding steroid dienone is 17. The van der Waals surface area contributed by atoms with Gasteiger partial charge in [-0.25, -0.2) is 0 Å². The lowest BCUT2D eigenvalue weighted by Gasteiger charge is -2.39. The van der Waals surface area contributed by atoms with Crippen molar-refractivity contribution in [2.24, 2.45) is 0 Å². The fraction of sp³-hybridized carbons (Fsp3) is 0.0930. The first kappa shape index (κ1) is 32.0. The Balaban J connectivity index is 1.64. The Hall–Kier alpha value is -4.91. The smallest absolute Gasteiger partial charge is 0.148 e. The van der Waals surface area contributed by atoms with Crippen molar-refractivity contribution in [1.82, 2.24) is 0 Å². The Bertz CT molecular complexity index is 2160. The Morgan fingerprint density at radius 2 is 1.77 bits per heavy atom. The normalized spacial score (nSPS) is 18.4. The molecule has 0 fully saturated rings. The first-order chi connectivity index (χ1) is 22.8. The Morgan fingerprint density at radius 1 is 0.957 bits per heavy atom. The van der Waals surface area contributed by atoms with Crippen molar-refractivity contribution in [3.05, 3.63) is 180 Å². The summed E-state index contributed by atoms with van der Waals surface area (Å²) >= 11 is 7.03. The lowest BCUT2D eigenvalue weighted by Crippen LogP contribution is -2.31. The molecule has 2 nitrogen and oxygen atoms in total. The largest absolute Gasteiger partial charge is 0.460 e. The van der Waals surface area contributed by atoms with E-state index in [0.29, 0.717) is 0 Å². The molecular formula is C43H37O2PS. The predicted molar refractivity (Wildman–Crippen MR) is 207 cm³/mol. The molecule has 0 aromatic heterocycles. The van der Waals surface area contributed by atoms with Crippen LogP contribution in [0.15, 0.2) is 157 Å². The van der Waals surface area contributed by atoms with Gasteiger partial charge in [0.1, 0.15) is 23.0 Å². The molecule has 0 saturated heterocycles. The van der Waals surface area contributed by atoms with Crippen LogP contribution in [0.25, 0.3) is 22.3 Å². The van der Waals surface area contributed by atoms with Crippen LogP contribution in [0, 0.1) is 0 Å². The molecule has 3 aliphatic rings. The summed E-state index contributed by atoms with van der Waals surface area (Å²) in [4.78, 5) is 0. The minimum Gasteiger partial charge on any atom is -0.460 e. The van der Waals surface area contributed by atoms with Gasteiger partial charge in [0.05, 0.1) is 11.3 Å². The molecule has 1 atom stereocenters. The molecule has 232 valence electrons. The Morgan fingerprint density at radius 3 is 2.47 bits per heavy atom. The minimum absolute atomic E-state index is 0.751. The standard InChI is InChI=1S/C43H37O2PS/c1-7-10-12-18-29(4)35-24-26-40-38(27-35)45-42-37(34-21-15-16-22-34)28-36(32(9-3)17-8-2)41-43(42)46(40,47)39(31(6)44-41)25-23-30(5)33-19-13-11-14-20-33/h7-15,17-28H,1,5H2,2-4,6H3/b12-10-,17-8-,25-23-,29-18+,32-9+. The van der Waals surface area contributed by atoms with E-state index < -0.39 is 6.04 Å². The zero-order valence-electron chi connectivity index (χ0n) is 27.2. The maximum atomic E-state index is 7.03. The summed E-state index contributed by atoms with van der Waals surface area (Å²) in [6, 6.07) is 16.1. The Kier molecular flexibility index (Phi) is 9.17. The molecule has 3 aromatic rings. The highest BCUT2D eigenvalue weighted by Crippen LogP contribution is 2.65. The van der Waals surface area contributed by atoms with Crippen LogP contribution >= 0.6 is 6.04 Å². The Labute approximate surface area is 283 Å². The van der Waals surface area contributed by atoms with E-state index in [2.05, 4.69) is 112 Å². The van der Waals surface area contributed by atoms with Crippen LogP contribution in [0.3, 0.4) is 0 Å². The molecule has 47 heavy (non-hydrogen) atoms. The van der Waals surface area contributed by atoms with E-state index in [4.69, 9.17) is 21.3 Å². The van der Waals surface area contributed by atoms with Gasteiger partial charge >= 0.3 is 0 Å². The SMILES string of the molecule is C=C/C=C\C=C(/C)c1ccc2c(c1)Oc1c(C3=CC=C=C3)cc(C(/C=C\C)=C/C)c3c1P2(=S)C(/C=C\C(=C)c1ccccc1)=C(C)O3. The summed E-state index contributed by atoms with van der Waals surface area (Å²) < 4.78 is 13.8. The fourth-order valence-corrected chi connectivity index (χ4v) is 10.7. The third kappa shape index (κ3) is 5.79. The third-order valence-electron chi connectivity index (χ3n) is 8.50. The van der Waals surface area contributed by atoms with E-state index in [0.717, 1.165) is 83.5 Å². The monoisotopic (exact) mass is 648 g/mol. The van der Waals surface area contributed by atoms with Crippen LogP contribution in [-0.2, 0) is 11.8 Å². The number of fused-ring (bicyclic) bond motifs is 2. The summed E-state index contributed by atoms with van der Waals surface area (Å²) in [6.45, 7) is 16.4. The van der Waals surface area contributed by atoms with Crippen LogP contribution < -0.4 is 20.1 Å². The minimum atomic E-state index is -2.71. The van der Waals surface area contributed by atoms with Crippen molar-refractivity contribution in [3.63, 3.8) is 0 Å². The fourth-order valence-electron chi connectivity index (χ4n) is 6.10. The van der Waals surface area contributed by atoms with E-state index in [1.54, 1.807) is 6.08 Å². The van der Waals surface area contributed by atoms with E-state index >= 15 is 0 Å². The van der Waals surface area contributed by atoms with Gasteiger partial charge in [0, 0.05) is 21.7 Å². The highest BCUT2D eigenvalue weighted by Gasteiger charge is 2.45. The quantitative estimate of drug-likeness (QED) is 0.131. The molecule has 3 aromatic carbocycles. The molecule has 2 aliphatic heterocycles. The van der Waals surface area contributed by atoms with Crippen LogP contribution in [-0.4, -0.2) is 0 Å². The highest BCUT2D eigenvalue weighted by atomic mass is 32.4. The zero-order valence-corrected chi connectivity index (χ0v) is 28.9. The van der Waals surface area contributed by atoms with E-state index in [1.165, 1.54) is 0 Å². The summed E-state index contributed by atoms with van der Waals surface area (Å²) in [5.74, 6) is 3.08. The van der Waals surface area contributed by atoms with Gasteiger partial charge in [-0.15, -0.1) is 5.73 Å². The summed E-state index contributed by atoms with van der Waals surface area (Å²) in [7, 11) is 0. The topological polar surface area (TPSA) is 18.5 Å². The number of hydrogen-bond acceptors (Lipinski definition) is 3. The van der Waals surface area contributed by atoms with Crippen LogP contribution in [0.5, 0.6) is 17.2 Å². The predicted octanol–water partition coefficient (Wildman–Crippen LogP) is 11.3. The second kappa shape index (κ2) is 13.4. The van der Waals surface area contributed by atoms with Gasteiger partial charge in [-0.05, 0) is 104 Å². The van der Waals surface area contributed by atoms with E-state index in [1.807, 2.05) is 56.4 Å². The summed E-state index contributed by atoms with van der Waals surface area (Å²) in [5, 5.41) is 2.95. The van der Waals surface area contributed by atoms with Crippen molar-refractivity contribution >= 4 is 50.7 Å². The third-order valence-corrected chi connectivity index (χ3v) is 13.5. The molecule has 6 rings (SSSR count). The lowest BCUT2D eigenvalue weighted by molar-refractivity contribution is 0.420. The van der Waals surface area contributed by atoms with Gasteiger partial charge in [-0.2, -0.15) is 0 Å².